The maximum absolute atomic E-state index is 13.9. The molecular weight excluding hydrogens is 462 g/mol. The van der Waals surface area contributed by atoms with E-state index in [4.69, 9.17) is 9.47 Å². The molecule has 9 heteroatoms. The van der Waals surface area contributed by atoms with E-state index in [9.17, 15) is 19.5 Å². The van der Waals surface area contributed by atoms with E-state index in [0.29, 0.717) is 24.5 Å². The quantitative estimate of drug-likeness (QED) is 0.528. The van der Waals surface area contributed by atoms with Gasteiger partial charge in [0.1, 0.15) is 17.4 Å². The highest BCUT2D eigenvalue weighted by atomic mass is 16.5. The maximum atomic E-state index is 13.9. The molecule has 1 aromatic rings. The number of carbonyl (C=O) groups excluding carboxylic acids is 3. The number of fused-ring (bicyclic) bond motifs is 1. The number of anilines is 1. The molecule has 9 nitrogen and oxygen atoms in total. The third-order valence-electron chi connectivity index (χ3n) is 7.95. The predicted octanol–water partition coefficient (Wildman–Crippen LogP) is 2.33. The van der Waals surface area contributed by atoms with Gasteiger partial charge in [0.15, 0.2) is 0 Å². The van der Waals surface area contributed by atoms with Crippen LogP contribution in [0, 0.1) is 17.8 Å². The number of nitrogens with one attached hydrogen (secondary N) is 2. The van der Waals surface area contributed by atoms with Crippen molar-refractivity contribution in [1.29, 1.82) is 0 Å². The molecule has 3 amide bonds. The fourth-order valence-corrected chi connectivity index (χ4v) is 6.40. The van der Waals surface area contributed by atoms with Gasteiger partial charge >= 0.3 is 0 Å². The van der Waals surface area contributed by atoms with Crippen molar-refractivity contribution in [2.45, 2.75) is 83.7 Å². The summed E-state index contributed by atoms with van der Waals surface area (Å²) >= 11 is 0. The summed E-state index contributed by atoms with van der Waals surface area (Å²) in [5.74, 6) is -1.96. The average molecular weight is 502 g/mol. The van der Waals surface area contributed by atoms with E-state index in [1.54, 1.807) is 31.2 Å². The first kappa shape index (κ1) is 26.4. The van der Waals surface area contributed by atoms with Crippen LogP contribution in [-0.2, 0) is 19.1 Å². The van der Waals surface area contributed by atoms with E-state index >= 15 is 0 Å². The number of hydrogen-bond donors (Lipinski definition) is 3. The Bertz CT molecular complexity index is 1040. The fourth-order valence-electron chi connectivity index (χ4n) is 6.40. The molecule has 2 bridgehead atoms. The monoisotopic (exact) mass is 501 g/mol. The van der Waals surface area contributed by atoms with Crippen LogP contribution in [-0.4, -0.2) is 69.8 Å². The molecule has 3 aliphatic rings. The van der Waals surface area contributed by atoms with E-state index in [-0.39, 0.29) is 30.2 Å². The number of benzene rings is 1. The molecule has 3 saturated heterocycles. The van der Waals surface area contributed by atoms with Crippen LogP contribution in [0.3, 0.4) is 0 Å². The van der Waals surface area contributed by atoms with E-state index < -0.39 is 40.7 Å². The Labute approximate surface area is 212 Å². The molecule has 4 rings (SSSR count). The Morgan fingerprint density at radius 1 is 1.25 bits per heavy atom. The lowest BCUT2D eigenvalue weighted by atomic mass is 9.62. The Hall–Kier alpha value is -2.65. The molecule has 36 heavy (non-hydrogen) atoms. The van der Waals surface area contributed by atoms with Crippen LogP contribution in [0.5, 0.6) is 5.75 Å². The molecule has 3 aliphatic heterocycles. The van der Waals surface area contributed by atoms with Crippen molar-refractivity contribution in [2.24, 2.45) is 17.8 Å². The first-order valence-corrected chi connectivity index (χ1v) is 12.8. The molecule has 3 N–H and O–H groups in total. The number of amides is 3. The summed E-state index contributed by atoms with van der Waals surface area (Å²) in [4.78, 5) is 42.8. The number of aliphatic hydroxyl groups is 1. The molecule has 0 aliphatic carbocycles. The molecule has 1 aromatic carbocycles. The highest BCUT2D eigenvalue weighted by Gasteiger charge is 2.80. The Morgan fingerprint density at radius 2 is 1.89 bits per heavy atom. The second-order valence-electron chi connectivity index (χ2n) is 11.7. The maximum Gasteiger partial charge on any atom is 0.246 e. The zero-order valence-corrected chi connectivity index (χ0v) is 22.3. The molecule has 0 aromatic heterocycles. The molecule has 0 radical (unpaired) electrons. The van der Waals surface area contributed by atoms with Crippen molar-refractivity contribution in [2.75, 3.05) is 18.5 Å². The van der Waals surface area contributed by atoms with Crippen molar-refractivity contribution in [3.8, 4) is 5.75 Å². The van der Waals surface area contributed by atoms with E-state index in [2.05, 4.69) is 10.6 Å². The zero-order valence-electron chi connectivity index (χ0n) is 22.3. The van der Waals surface area contributed by atoms with Crippen LogP contribution in [0.1, 0.15) is 54.9 Å². The van der Waals surface area contributed by atoms with Gasteiger partial charge in [-0.05, 0) is 78.1 Å². The Morgan fingerprint density at radius 3 is 2.44 bits per heavy atom. The molecule has 7 atom stereocenters. The number of rotatable bonds is 7. The summed E-state index contributed by atoms with van der Waals surface area (Å²) < 4.78 is 12.1. The zero-order chi connectivity index (χ0) is 26.6. The van der Waals surface area contributed by atoms with Crippen molar-refractivity contribution in [1.82, 2.24) is 10.2 Å². The minimum absolute atomic E-state index is 0.0630. The average Bonchev–Trinajstić information content (AvgIpc) is 3.30. The van der Waals surface area contributed by atoms with Crippen LogP contribution >= 0.6 is 0 Å². The topological polar surface area (TPSA) is 117 Å². The van der Waals surface area contributed by atoms with Crippen molar-refractivity contribution in [3.05, 3.63) is 24.3 Å². The summed E-state index contributed by atoms with van der Waals surface area (Å²) in [5, 5.41) is 15.9. The lowest BCUT2D eigenvalue weighted by molar-refractivity contribution is -0.150. The van der Waals surface area contributed by atoms with Gasteiger partial charge in [-0.3, -0.25) is 14.4 Å². The molecule has 0 saturated carbocycles. The second kappa shape index (κ2) is 9.03. The lowest BCUT2D eigenvalue weighted by Gasteiger charge is -2.37. The van der Waals surface area contributed by atoms with Gasteiger partial charge in [-0.15, -0.1) is 0 Å². The highest BCUT2D eigenvalue weighted by molar-refractivity contribution is 6.02. The lowest BCUT2D eigenvalue weighted by Crippen LogP contribution is -2.60. The van der Waals surface area contributed by atoms with Crippen molar-refractivity contribution in [3.63, 3.8) is 0 Å². The van der Waals surface area contributed by atoms with E-state index in [1.807, 2.05) is 41.5 Å². The van der Waals surface area contributed by atoms with Crippen molar-refractivity contribution < 1.29 is 29.0 Å². The number of likely N-dealkylation sites (tertiary alicyclic amines) is 1. The minimum atomic E-state index is -1.15. The number of hydrogen-bond acceptors (Lipinski definition) is 6. The van der Waals surface area contributed by atoms with Gasteiger partial charge in [0.2, 0.25) is 17.7 Å². The van der Waals surface area contributed by atoms with Gasteiger partial charge in [0.25, 0.3) is 0 Å². The minimum Gasteiger partial charge on any atom is -0.494 e. The van der Waals surface area contributed by atoms with Gasteiger partial charge in [0, 0.05) is 11.2 Å². The largest absolute Gasteiger partial charge is 0.494 e. The standard InChI is InChI=1S/C27H39N3O6/c1-8-35-18-11-9-17(10-12-18)28-22(32)19-20-24(34)30(16(3)14-31)21(23(33)29-25(4,5)6)27(20)13-15(2)26(19,7)36-27/h9-12,15-16,19-21,31H,8,13-14H2,1-7H3,(H,28,32)(H,29,33)/t15?,16-,19-,20+,21?,26+,27?/m1/s1. The smallest absolute Gasteiger partial charge is 0.246 e. The highest BCUT2D eigenvalue weighted by Crippen LogP contribution is 2.65. The van der Waals surface area contributed by atoms with Crippen molar-refractivity contribution >= 4 is 23.4 Å². The fraction of sp³-hybridized carbons (Fsp3) is 0.667. The predicted molar refractivity (Wildman–Crippen MR) is 134 cm³/mol. The van der Waals surface area contributed by atoms with Gasteiger partial charge in [-0.1, -0.05) is 6.92 Å². The first-order chi connectivity index (χ1) is 16.8. The summed E-state index contributed by atoms with van der Waals surface area (Å²) in [6.07, 6.45) is 0.476. The van der Waals surface area contributed by atoms with E-state index in [1.165, 1.54) is 4.90 Å². The molecule has 198 valence electrons. The first-order valence-electron chi connectivity index (χ1n) is 12.8. The summed E-state index contributed by atoms with van der Waals surface area (Å²) in [7, 11) is 0. The SMILES string of the molecule is CCOc1ccc(NC(=O)[C@H]2[C@H]3C(=O)N([C@H](C)CO)C(C(=O)NC(C)(C)C)C34CC(C)[C@]2(C)O4)cc1. The molecule has 3 heterocycles. The second-order valence-corrected chi connectivity index (χ2v) is 11.7. The number of carbonyl (C=O) groups is 3. The molecule has 3 unspecified atom stereocenters. The third kappa shape index (κ3) is 4.06. The van der Waals surface area contributed by atoms with Crippen LogP contribution < -0.4 is 15.4 Å². The van der Waals surface area contributed by atoms with Gasteiger partial charge in [-0.2, -0.15) is 0 Å². The molecule has 1 spiro atoms. The summed E-state index contributed by atoms with van der Waals surface area (Å²) in [6.45, 7) is 13.4. The summed E-state index contributed by atoms with van der Waals surface area (Å²) in [6, 6.07) is 5.53. The third-order valence-corrected chi connectivity index (χ3v) is 7.95. The van der Waals surface area contributed by atoms with Crippen LogP contribution in [0.2, 0.25) is 0 Å². The van der Waals surface area contributed by atoms with Gasteiger partial charge in [0.05, 0.1) is 36.7 Å². The van der Waals surface area contributed by atoms with Crippen LogP contribution in [0.4, 0.5) is 5.69 Å². The normalized spacial score (nSPS) is 33.9. The Kier molecular flexibility index (Phi) is 6.62. The van der Waals surface area contributed by atoms with E-state index in [0.717, 1.165) is 0 Å². The number of ether oxygens (including phenoxy) is 2. The van der Waals surface area contributed by atoms with Crippen LogP contribution in [0.15, 0.2) is 24.3 Å². The molecular formula is C27H39N3O6. The Balaban J connectivity index is 1.72. The van der Waals surface area contributed by atoms with Gasteiger partial charge in [-0.25, -0.2) is 0 Å². The number of aliphatic hydroxyl groups excluding tert-OH is 1. The molecule has 3 fully saturated rings. The van der Waals surface area contributed by atoms with Crippen LogP contribution in [0.25, 0.3) is 0 Å². The van der Waals surface area contributed by atoms with Gasteiger partial charge < -0.3 is 30.1 Å². The number of nitrogens with zero attached hydrogens (tertiary/aromatic N) is 1. The summed E-state index contributed by atoms with van der Waals surface area (Å²) in [5.41, 5.74) is -2.00.